The van der Waals surface area contributed by atoms with E-state index in [2.05, 4.69) is 20.2 Å². The minimum absolute atomic E-state index is 0.0187. The molecule has 42 heavy (non-hydrogen) atoms. The van der Waals surface area contributed by atoms with E-state index in [4.69, 9.17) is 18.9 Å². The minimum atomic E-state index is -0.791. The molecule has 0 saturated carbocycles. The van der Waals surface area contributed by atoms with Gasteiger partial charge in [-0.3, -0.25) is 9.69 Å². The minimum Gasteiger partial charge on any atom is -0.493 e. The second-order valence-electron chi connectivity index (χ2n) is 10.4. The zero-order valence-corrected chi connectivity index (χ0v) is 23.2. The SMILES string of the molecule is COc1cnc2[nH]cc(C(=O)c3ccc(Oc4ccccc4F)cc3F)c2c1N[C@@H]1CC[C@@H](CN2CCOCC2)OC1. The fraction of sp³-hybridized carbons (Fsp3) is 0.355. The van der Waals surface area contributed by atoms with Gasteiger partial charge in [0, 0.05) is 37.9 Å². The Morgan fingerprint density at radius 3 is 2.67 bits per heavy atom. The van der Waals surface area contributed by atoms with Gasteiger partial charge in [-0.1, -0.05) is 12.1 Å². The standard InChI is InChI=1S/C31H32F2N4O5/c1-39-27-16-35-31-28(29(27)36-19-6-7-21(41-18-19)17-37-10-12-40-13-11-37)23(15-34-31)30(38)22-9-8-20(14-25(22)33)42-26-5-3-2-4-24(26)32/h2-5,8-9,14-16,19,21H,6-7,10-13,17-18H2,1H3,(H2,34,35,36)/t19-,21+/m1/s1. The molecule has 9 nitrogen and oxygen atoms in total. The Morgan fingerprint density at radius 2 is 1.93 bits per heavy atom. The molecule has 0 spiro atoms. The van der Waals surface area contributed by atoms with E-state index in [1.54, 1.807) is 12.3 Å². The maximum absolute atomic E-state index is 15.2. The van der Waals surface area contributed by atoms with Crippen molar-refractivity contribution in [3.05, 3.63) is 77.6 Å². The fourth-order valence-corrected chi connectivity index (χ4v) is 5.44. The summed E-state index contributed by atoms with van der Waals surface area (Å²) >= 11 is 0. The first-order valence-corrected chi connectivity index (χ1v) is 14.0. The Kier molecular flexibility index (Phi) is 8.31. The number of hydrogen-bond acceptors (Lipinski definition) is 8. The fourth-order valence-electron chi connectivity index (χ4n) is 5.44. The third-order valence-electron chi connectivity index (χ3n) is 7.67. The first-order chi connectivity index (χ1) is 20.5. The van der Waals surface area contributed by atoms with Gasteiger partial charge in [0.2, 0.25) is 0 Å². The number of carbonyl (C=O) groups is 1. The Labute approximate surface area is 241 Å². The number of H-pyrrole nitrogens is 1. The lowest BCUT2D eigenvalue weighted by Crippen LogP contribution is -2.44. The van der Waals surface area contributed by atoms with Crippen LogP contribution in [0.3, 0.4) is 0 Å². The molecular formula is C31H32F2N4O5. The van der Waals surface area contributed by atoms with E-state index in [-0.39, 0.29) is 34.8 Å². The molecule has 0 bridgehead atoms. The van der Waals surface area contributed by atoms with Gasteiger partial charge in [-0.15, -0.1) is 0 Å². The molecule has 0 radical (unpaired) electrons. The van der Waals surface area contributed by atoms with E-state index in [1.807, 2.05) is 0 Å². The number of anilines is 1. The number of fused-ring (bicyclic) bond motifs is 1. The van der Waals surface area contributed by atoms with Gasteiger partial charge in [-0.2, -0.15) is 0 Å². The molecule has 2 aromatic heterocycles. The first kappa shape index (κ1) is 28.1. The van der Waals surface area contributed by atoms with Crippen LogP contribution in [-0.2, 0) is 9.47 Å². The molecule has 2 atom stereocenters. The Hall–Kier alpha value is -4.06. The number of nitrogens with one attached hydrogen (secondary N) is 2. The molecule has 0 aliphatic carbocycles. The van der Waals surface area contributed by atoms with Gasteiger partial charge >= 0.3 is 0 Å². The van der Waals surface area contributed by atoms with E-state index in [9.17, 15) is 9.18 Å². The summed E-state index contributed by atoms with van der Waals surface area (Å²) in [5, 5.41) is 4.01. The van der Waals surface area contributed by atoms with E-state index in [1.165, 1.54) is 43.6 Å². The van der Waals surface area contributed by atoms with Gasteiger partial charge in [-0.25, -0.2) is 13.8 Å². The monoisotopic (exact) mass is 578 g/mol. The summed E-state index contributed by atoms with van der Waals surface area (Å²) < 4.78 is 51.9. The molecule has 2 N–H and O–H groups in total. The number of aromatic nitrogens is 2. The molecule has 2 aliphatic rings. The smallest absolute Gasteiger partial charge is 0.198 e. The van der Waals surface area contributed by atoms with Crippen LogP contribution in [0.2, 0.25) is 0 Å². The zero-order chi connectivity index (χ0) is 29.1. The van der Waals surface area contributed by atoms with Crippen LogP contribution in [-0.4, -0.2) is 79.4 Å². The highest BCUT2D eigenvalue weighted by molar-refractivity contribution is 6.19. The number of ketones is 1. The first-order valence-electron chi connectivity index (χ1n) is 14.0. The topological polar surface area (TPSA) is 97.9 Å². The third kappa shape index (κ3) is 5.94. The van der Waals surface area contributed by atoms with Crippen LogP contribution in [0, 0.1) is 11.6 Å². The highest BCUT2D eigenvalue weighted by Gasteiger charge is 2.28. The number of carbonyl (C=O) groups excluding carboxylic acids is 1. The summed E-state index contributed by atoms with van der Waals surface area (Å²) in [7, 11) is 1.53. The lowest BCUT2D eigenvalue weighted by molar-refractivity contribution is -0.0339. The van der Waals surface area contributed by atoms with Crippen molar-refractivity contribution in [1.29, 1.82) is 0 Å². The number of methoxy groups -OCH3 is 1. The number of pyridine rings is 1. The van der Waals surface area contributed by atoms with Crippen LogP contribution in [0.25, 0.3) is 11.0 Å². The molecule has 4 heterocycles. The predicted molar refractivity (Wildman–Crippen MR) is 153 cm³/mol. The summed E-state index contributed by atoms with van der Waals surface area (Å²) in [5.74, 6) is -1.42. The highest BCUT2D eigenvalue weighted by Crippen LogP contribution is 2.37. The number of para-hydroxylation sites is 1. The van der Waals surface area contributed by atoms with Crippen molar-refractivity contribution >= 4 is 22.5 Å². The molecule has 2 fully saturated rings. The molecule has 6 rings (SSSR count). The zero-order valence-electron chi connectivity index (χ0n) is 23.2. The molecule has 11 heteroatoms. The number of hydrogen-bond donors (Lipinski definition) is 2. The van der Waals surface area contributed by atoms with Crippen molar-refractivity contribution in [2.24, 2.45) is 0 Å². The highest BCUT2D eigenvalue weighted by atomic mass is 19.1. The number of morpholine rings is 1. The number of nitrogens with zero attached hydrogens (tertiary/aromatic N) is 2. The number of aromatic amines is 1. The lowest BCUT2D eigenvalue weighted by atomic mass is 10.0. The van der Waals surface area contributed by atoms with Crippen molar-refractivity contribution < 1.29 is 32.5 Å². The summed E-state index contributed by atoms with van der Waals surface area (Å²) in [4.78, 5) is 23.4. The van der Waals surface area contributed by atoms with Crippen molar-refractivity contribution in [2.75, 3.05) is 51.9 Å². The molecule has 2 aromatic carbocycles. The summed E-state index contributed by atoms with van der Waals surface area (Å²) in [6.45, 7) is 4.71. The van der Waals surface area contributed by atoms with Crippen LogP contribution in [0.1, 0.15) is 28.8 Å². The van der Waals surface area contributed by atoms with Crippen LogP contribution < -0.4 is 14.8 Å². The van der Waals surface area contributed by atoms with Gasteiger partial charge < -0.3 is 29.2 Å². The number of ether oxygens (including phenoxy) is 4. The molecule has 4 aromatic rings. The van der Waals surface area contributed by atoms with Crippen LogP contribution in [0.15, 0.2) is 54.9 Å². The van der Waals surface area contributed by atoms with E-state index >= 15 is 4.39 Å². The van der Waals surface area contributed by atoms with E-state index in [0.717, 1.165) is 51.8 Å². The summed E-state index contributed by atoms with van der Waals surface area (Å²) in [6.07, 6.45) is 5.00. The van der Waals surface area contributed by atoms with Gasteiger partial charge in [0.15, 0.2) is 23.1 Å². The average molecular weight is 579 g/mol. The maximum Gasteiger partial charge on any atom is 0.198 e. The number of rotatable bonds is 9. The third-order valence-corrected chi connectivity index (χ3v) is 7.67. The molecule has 220 valence electrons. The van der Waals surface area contributed by atoms with E-state index in [0.29, 0.717) is 29.1 Å². The molecule has 0 amide bonds. The lowest BCUT2D eigenvalue weighted by Gasteiger charge is -2.35. The average Bonchev–Trinajstić information content (AvgIpc) is 3.44. The summed E-state index contributed by atoms with van der Waals surface area (Å²) in [6, 6.07) is 9.64. The van der Waals surface area contributed by atoms with Crippen molar-refractivity contribution in [3.63, 3.8) is 0 Å². The van der Waals surface area contributed by atoms with Crippen molar-refractivity contribution in [3.8, 4) is 17.2 Å². The molecular weight excluding hydrogens is 546 g/mol. The van der Waals surface area contributed by atoms with Gasteiger partial charge in [0.25, 0.3) is 0 Å². The maximum atomic E-state index is 15.2. The molecule has 2 aliphatic heterocycles. The van der Waals surface area contributed by atoms with Crippen LogP contribution >= 0.6 is 0 Å². The number of benzene rings is 2. The van der Waals surface area contributed by atoms with Crippen molar-refractivity contribution in [1.82, 2.24) is 14.9 Å². The van der Waals surface area contributed by atoms with Gasteiger partial charge in [0.05, 0.1) is 61.4 Å². The van der Waals surface area contributed by atoms with Crippen molar-refractivity contribution in [2.45, 2.75) is 25.0 Å². The second kappa shape index (κ2) is 12.4. The normalized spacial score (nSPS) is 19.5. The van der Waals surface area contributed by atoms with E-state index < -0.39 is 17.4 Å². The van der Waals surface area contributed by atoms with Gasteiger partial charge in [-0.05, 0) is 37.1 Å². The van der Waals surface area contributed by atoms with Crippen LogP contribution in [0.5, 0.6) is 17.2 Å². The van der Waals surface area contributed by atoms with Gasteiger partial charge in [0.1, 0.15) is 17.2 Å². The Balaban J connectivity index is 1.21. The summed E-state index contributed by atoms with van der Waals surface area (Å²) in [5.41, 5.74) is 1.13. The quantitative estimate of drug-likeness (QED) is 0.263. The van der Waals surface area contributed by atoms with Crippen LogP contribution in [0.4, 0.5) is 14.5 Å². The predicted octanol–water partition coefficient (Wildman–Crippen LogP) is 5.16. The molecule has 2 saturated heterocycles. The molecule has 0 unspecified atom stereocenters. The largest absolute Gasteiger partial charge is 0.493 e. The second-order valence-corrected chi connectivity index (χ2v) is 10.4. The Bertz CT molecular complexity index is 1560. The number of halogens is 2. The Morgan fingerprint density at radius 1 is 1.10 bits per heavy atom.